The molecule has 0 N–H and O–H groups in total. The number of carbonyl (C=O) groups excluding carboxylic acids is 2. The number of hydrogen-bond acceptors (Lipinski definition) is 5. The average Bonchev–Trinajstić information content (AvgIpc) is 3.02. The Morgan fingerprint density at radius 2 is 1.49 bits per heavy atom. The van der Waals surface area contributed by atoms with Crippen molar-refractivity contribution in [2.24, 2.45) is 0 Å². The van der Waals surface area contributed by atoms with Crippen LogP contribution >= 0.6 is 46.4 Å². The highest BCUT2D eigenvalue weighted by Crippen LogP contribution is 2.29. The van der Waals surface area contributed by atoms with Crippen molar-refractivity contribution in [3.05, 3.63) is 103 Å². The summed E-state index contributed by atoms with van der Waals surface area (Å²) < 4.78 is 17.0. The molecule has 3 aromatic rings. The molecule has 1 aliphatic heterocycles. The van der Waals surface area contributed by atoms with Crippen molar-refractivity contribution in [1.29, 1.82) is 0 Å². The van der Waals surface area contributed by atoms with Crippen LogP contribution in [0.25, 0.3) is 0 Å². The van der Waals surface area contributed by atoms with E-state index in [4.69, 9.17) is 60.6 Å². The first kappa shape index (κ1) is 37.3. The van der Waals surface area contributed by atoms with Crippen molar-refractivity contribution in [2.75, 3.05) is 46.6 Å². The maximum absolute atomic E-state index is 12.5. The lowest BCUT2D eigenvalue weighted by atomic mass is 10.0. The van der Waals surface area contributed by atoms with Gasteiger partial charge in [0.05, 0.1) is 48.2 Å². The minimum absolute atomic E-state index is 0.119. The Kier molecular flexibility index (Phi) is 14.1. The fourth-order valence-corrected chi connectivity index (χ4v) is 7.04. The zero-order chi connectivity index (χ0) is 33.9. The van der Waals surface area contributed by atoms with Crippen LogP contribution in [-0.4, -0.2) is 67.7 Å². The Hall–Kier alpha value is -2.52. The van der Waals surface area contributed by atoms with Gasteiger partial charge in [0, 0.05) is 28.1 Å². The number of halogens is 4. The summed E-state index contributed by atoms with van der Waals surface area (Å²) in [5.41, 5.74) is 4.43. The Balaban J connectivity index is 1.21. The van der Waals surface area contributed by atoms with Gasteiger partial charge in [0.25, 0.3) is 0 Å². The molecule has 1 aliphatic rings. The van der Waals surface area contributed by atoms with Crippen LogP contribution in [0.15, 0.2) is 60.7 Å². The summed E-state index contributed by atoms with van der Waals surface area (Å²) in [6.07, 6.45) is 3.51. The molecule has 1 fully saturated rings. The Morgan fingerprint density at radius 3 is 2.19 bits per heavy atom. The highest BCUT2D eigenvalue weighted by molar-refractivity contribution is 6.42. The molecular formula is C36H44Cl4N2O5+2. The number of hydrogen-bond donors (Lipinski definition) is 0. The number of benzene rings is 3. The van der Waals surface area contributed by atoms with Crippen LogP contribution in [0.4, 0.5) is 4.79 Å². The van der Waals surface area contributed by atoms with Crippen molar-refractivity contribution >= 4 is 58.5 Å². The van der Waals surface area contributed by atoms with E-state index in [2.05, 4.69) is 38.2 Å². The second-order valence-electron chi connectivity index (χ2n) is 12.8. The molecule has 3 aromatic carbocycles. The number of carbonyl (C=O) groups is 2. The van der Waals surface area contributed by atoms with Gasteiger partial charge in [0.15, 0.2) is 0 Å². The first-order valence-electron chi connectivity index (χ1n) is 16.0. The van der Waals surface area contributed by atoms with Gasteiger partial charge in [-0.1, -0.05) is 88.4 Å². The maximum atomic E-state index is 12.5. The number of ether oxygens (including phenoxy) is 3. The molecule has 0 saturated carbocycles. The Morgan fingerprint density at radius 1 is 0.787 bits per heavy atom. The monoisotopic (exact) mass is 724 g/mol. The summed E-state index contributed by atoms with van der Waals surface area (Å²) in [4.78, 5) is 24.8. The third kappa shape index (κ3) is 12.1. The van der Waals surface area contributed by atoms with Crippen molar-refractivity contribution in [1.82, 2.24) is 0 Å². The van der Waals surface area contributed by atoms with Crippen LogP contribution in [0.1, 0.15) is 54.4 Å². The molecule has 1 saturated heterocycles. The number of quaternary nitrogens is 2. The maximum Gasteiger partial charge on any atom is 0.511 e. The van der Waals surface area contributed by atoms with E-state index in [-0.39, 0.29) is 13.0 Å². The van der Waals surface area contributed by atoms with Crippen LogP contribution in [-0.2, 0) is 38.6 Å². The van der Waals surface area contributed by atoms with Crippen molar-refractivity contribution in [3.8, 4) is 0 Å². The third-order valence-electron chi connectivity index (χ3n) is 8.78. The summed E-state index contributed by atoms with van der Waals surface area (Å²) in [5.74, 6) is -0.415. The molecule has 4 rings (SSSR count). The predicted octanol–water partition coefficient (Wildman–Crippen LogP) is 9.39. The zero-order valence-corrected chi connectivity index (χ0v) is 30.1. The number of piperidine rings is 1. The molecule has 0 radical (unpaired) electrons. The summed E-state index contributed by atoms with van der Waals surface area (Å²) in [6, 6.07) is 19.6. The van der Waals surface area contributed by atoms with Crippen molar-refractivity contribution in [3.63, 3.8) is 0 Å². The van der Waals surface area contributed by atoms with Crippen LogP contribution in [0.5, 0.6) is 0 Å². The number of esters is 1. The molecule has 1 heterocycles. The van der Waals surface area contributed by atoms with Gasteiger partial charge in [-0.2, -0.15) is 0 Å². The van der Waals surface area contributed by atoms with Crippen LogP contribution in [0.2, 0.25) is 20.1 Å². The van der Waals surface area contributed by atoms with Gasteiger partial charge < -0.3 is 23.2 Å². The lowest BCUT2D eigenvalue weighted by Gasteiger charge is -2.42. The van der Waals surface area contributed by atoms with E-state index in [1.165, 1.54) is 12.0 Å². The standard InChI is InChI=1S/C36H44Cl4N2O5/c1-27-8-10-28(11-9-27)23-41(2,24-29-12-15-32(38)34(40)21-29)19-20-45-36(44)47-26-46-35(43)7-6-18-42(16-4-3-5-17-42)25-30-13-14-31(37)22-33(30)39/h8-15,21-22H,3-7,16-20,23-26H2,1-2H3/q+2. The van der Waals surface area contributed by atoms with Crippen LogP contribution in [0.3, 0.4) is 0 Å². The lowest BCUT2D eigenvalue weighted by Crippen LogP contribution is -2.51. The fourth-order valence-electron chi connectivity index (χ4n) is 6.25. The van der Waals surface area contributed by atoms with Gasteiger partial charge in [-0.25, -0.2) is 4.79 Å². The van der Waals surface area contributed by atoms with E-state index in [0.29, 0.717) is 50.6 Å². The minimum atomic E-state index is -0.883. The number of nitrogens with zero attached hydrogens (tertiary/aromatic N) is 2. The second-order valence-corrected chi connectivity index (χ2v) is 14.5. The molecule has 0 bridgehead atoms. The average molecular weight is 727 g/mol. The molecule has 0 aromatic heterocycles. The van der Waals surface area contributed by atoms with Gasteiger partial charge >= 0.3 is 12.1 Å². The van der Waals surface area contributed by atoms with Crippen LogP contribution in [0, 0.1) is 6.92 Å². The van der Waals surface area contributed by atoms with E-state index < -0.39 is 18.9 Å². The predicted molar refractivity (Wildman–Crippen MR) is 188 cm³/mol. The van der Waals surface area contributed by atoms with E-state index in [1.807, 2.05) is 24.3 Å². The largest absolute Gasteiger partial charge is 0.511 e. The second kappa shape index (κ2) is 17.8. The summed E-state index contributed by atoms with van der Waals surface area (Å²) in [6.45, 7) is 7.27. The number of likely N-dealkylation sites (N-methyl/N-ethyl adjacent to an activating group) is 1. The summed E-state index contributed by atoms with van der Waals surface area (Å²) in [5, 5.41) is 2.29. The highest BCUT2D eigenvalue weighted by atomic mass is 35.5. The molecule has 1 unspecified atom stereocenters. The molecular weight excluding hydrogens is 682 g/mol. The molecule has 11 heteroatoms. The number of rotatable bonds is 15. The molecule has 0 spiro atoms. The van der Waals surface area contributed by atoms with Gasteiger partial charge in [-0.3, -0.25) is 4.79 Å². The van der Waals surface area contributed by atoms with Gasteiger partial charge in [-0.05, 0) is 50.5 Å². The molecule has 254 valence electrons. The lowest BCUT2D eigenvalue weighted by molar-refractivity contribution is -0.945. The SMILES string of the molecule is Cc1ccc(C[N+](C)(CCOC(=O)OCOC(=O)CCC[N+]2(Cc3ccc(Cl)cc3Cl)CCCCC2)Cc2ccc(Cl)c(Cl)c2)cc1. The fraction of sp³-hybridized carbons (Fsp3) is 0.444. The van der Waals surface area contributed by atoms with Gasteiger partial charge in [0.2, 0.25) is 6.79 Å². The summed E-state index contributed by atoms with van der Waals surface area (Å²) >= 11 is 25.0. The first-order valence-corrected chi connectivity index (χ1v) is 17.5. The molecule has 0 aliphatic carbocycles. The Labute approximate surface area is 298 Å². The number of aryl methyl sites for hydroxylation is 1. The van der Waals surface area contributed by atoms with Gasteiger partial charge in [0.1, 0.15) is 32.8 Å². The highest BCUT2D eigenvalue weighted by Gasteiger charge is 2.31. The first-order chi connectivity index (χ1) is 22.4. The molecule has 47 heavy (non-hydrogen) atoms. The van der Waals surface area contributed by atoms with Crippen molar-refractivity contribution < 1.29 is 32.8 Å². The number of likely N-dealkylation sites (tertiary alicyclic amines) is 1. The van der Waals surface area contributed by atoms with E-state index in [1.54, 1.807) is 12.1 Å². The molecule has 1 atom stereocenters. The van der Waals surface area contributed by atoms with Crippen LogP contribution < -0.4 is 0 Å². The third-order valence-corrected chi connectivity index (χ3v) is 10.1. The minimum Gasteiger partial charge on any atom is -0.428 e. The van der Waals surface area contributed by atoms with Gasteiger partial charge in [-0.15, -0.1) is 0 Å². The molecule has 0 amide bonds. The topological polar surface area (TPSA) is 61.8 Å². The van der Waals surface area contributed by atoms with E-state index in [9.17, 15) is 9.59 Å². The van der Waals surface area contributed by atoms with E-state index >= 15 is 0 Å². The quantitative estimate of drug-likeness (QED) is 0.0888. The smallest absolute Gasteiger partial charge is 0.428 e. The Bertz CT molecular complexity index is 1500. The normalized spacial score (nSPS) is 15.4. The molecule has 7 nitrogen and oxygen atoms in total. The van der Waals surface area contributed by atoms with E-state index in [0.717, 1.165) is 60.2 Å². The summed E-state index contributed by atoms with van der Waals surface area (Å²) in [7, 11) is 2.10. The zero-order valence-electron chi connectivity index (χ0n) is 27.1. The van der Waals surface area contributed by atoms with Crippen molar-refractivity contribution in [2.45, 2.75) is 58.7 Å².